The lowest BCUT2D eigenvalue weighted by molar-refractivity contribution is -0.107. The molecule has 0 bridgehead atoms. The third-order valence-corrected chi connectivity index (χ3v) is 2.01. The quantitative estimate of drug-likeness (QED) is 0.713. The molecular formula is C10H6F2O3. The van der Waals surface area contributed by atoms with Crippen LogP contribution in [0.3, 0.4) is 0 Å². The summed E-state index contributed by atoms with van der Waals surface area (Å²) in [5.41, 5.74) is 0.0207. The van der Waals surface area contributed by atoms with Crippen molar-refractivity contribution in [3.05, 3.63) is 34.9 Å². The fourth-order valence-electron chi connectivity index (χ4n) is 1.33. The molecule has 0 aromatic heterocycles. The Morgan fingerprint density at radius 3 is 2.80 bits per heavy atom. The molecule has 1 N–H and O–H groups in total. The Bertz CT molecular complexity index is 454. The predicted molar refractivity (Wildman–Crippen MR) is 47.0 cm³/mol. The zero-order valence-corrected chi connectivity index (χ0v) is 7.41. The molecule has 0 spiro atoms. The molecule has 3 nitrogen and oxygen atoms in total. The fraction of sp³-hybridized carbons (Fsp3) is 0.100. The molecule has 0 aliphatic carbocycles. The van der Waals surface area contributed by atoms with Gasteiger partial charge >= 0.3 is 0 Å². The van der Waals surface area contributed by atoms with Crippen molar-refractivity contribution in [2.75, 3.05) is 0 Å². The Labute approximate surface area is 83.6 Å². The lowest BCUT2D eigenvalue weighted by Crippen LogP contribution is -2.23. The number of fused-ring (bicyclic) bond motifs is 1. The number of carbonyl (C=O) groups is 1. The van der Waals surface area contributed by atoms with Crippen molar-refractivity contribution in [2.24, 2.45) is 0 Å². The summed E-state index contributed by atoms with van der Waals surface area (Å²) in [5, 5.41) is 9.23. The highest BCUT2D eigenvalue weighted by Gasteiger charge is 2.23. The van der Waals surface area contributed by atoms with Gasteiger partial charge in [0, 0.05) is 11.6 Å². The van der Waals surface area contributed by atoms with Gasteiger partial charge in [-0.3, -0.25) is 4.79 Å². The number of hydrogen-bond donors (Lipinski definition) is 1. The summed E-state index contributed by atoms with van der Waals surface area (Å²) < 4.78 is 30.7. The van der Waals surface area contributed by atoms with Gasteiger partial charge in [-0.15, -0.1) is 0 Å². The molecule has 1 aromatic rings. The average Bonchev–Trinajstić information content (AvgIpc) is 2.18. The van der Waals surface area contributed by atoms with E-state index in [-0.39, 0.29) is 16.9 Å². The van der Waals surface area contributed by atoms with Crippen LogP contribution in [-0.2, 0) is 4.79 Å². The average molecular weight is 212 g/mol. The van der Waals surface area contributed by atoms with Crippen molar-refractivity contribution >= 4 is 12.4 Å². The first-order valence-electron chi connectivity index (χ1n) is 4.12. The lowest BCUT2D eigenvalue weighted by atomic mass is 10.1. The van der Waals surface area contributed by atoms with Crippen LogP contribution in [0.4, 0.5) is 8.78 Å². The molecule has 1 aromatic carbocycles. The van der Waals surface area contributed by atoms with Crippen LogP contribution in [0.5, 0.6) is 5.75 Å². The van der Waals surface area contributed by atoms with Crippen LogP contribution < -0.4 is 4.74 Å². The van der Waals surface area contributed by atoms with Gasteiger partial charge in [0.25, 0.3) is 0 Å². The molecule has 0 saturated carbocycles. The first-order valence-corrected chi connectivity index (χ1v) is 4.12. The minimum Gasteiger partial charge on any atom is -0.457 e. The van der Waals surface area contributed by atoms with Crippen molar-refractivity contribution in [2.45, 2.75) is 6.29 Å². The van der Waals surface area contributed by atoms with Gasteiger partial charge in [0.15, 0.2) is 17.9 Å². The van der Waals surface area contributed by atoms with Gasteiger partial charge in [0.1, 0.15) is 5.82 Å². The molecular weight excluding hydrogens is 206 g/mol. The van der Waals surface area contributed by atoms with Crippen molar-refractivity contribution in [1.82, 2.24) is 0 Å². The summed E-state index contributed by atoms with van der Waals surface area (Å²) in [7, 11) is 0. The third kappa shape index (κ3) is 1.61. The van der Waals surface area contributed by atoms with E-state index in [1.807, 2.05) is 0 Å². The smallest absolute Gasteiger partial charge is 0.227 e. The van der Waals surface area contributed by atoms with Crippen LogP contribution in [0.15, 0.2) is 17.7 Å². The number of hydrogen-bond acceptors (Lipinski definition) is 3. The summed E-state index contributed by atoms with van der Waals surface area (Å²) in [6.07, 6.45) is 0.0500. The predicted octanol–water partition coefficient (Wildman–Crippen LogP) is 1.26. The van der Waals surface area contributed by atoms with E-state index in [4.69, 9.17) is 4.74 Å². The topological polar surface area (TPSA) is 46.5 Å². The van der Waals surface area contributed by atoms with Crippen LogP contribution in [0.2, 0.25) is 0 Å². The van der Waals surface area contributed by atoms with E-state index < -0.39 is 17.9 Å². The summed E-state index contributed by atoms with van der Waals surface area (Å²) >= 11 is 0. The Hall–Kier alpha value is -1.75. The van der Waals surface area contributed by atoms with E-state index in [0.717, 1.165) is 6.07 Å². The van der Waals surface area contributed by atoms with Gasteiger partial charge in [0.2, 0.25) is 6.29 Å². The van der Waals surface area contributed by atoms with E-state index in [1.54, 1.807) is 0 Å². The molecule has 0 radical (unpaired) electrons. The number of aldehydes is 1. The van der Waals surface area contributed by atoms with Crippen LogP contribution >= 0.6 is 0 Å². The molecule has 1 aliphatic heterocycles. The van der Waals surface area contributed by atoms with E-state index in [2.05, 4.69) is 0 Å². The van der Waals surface area contributed by atoms with E-state index in [1.165, 1.54) is 6.08 Å². The number of benzene rings is 1. The second-order valence-electron chi connectivity index (χ2n) is 3.04. The molecule has 0 saturated heterocycles. The van der Waals surface area contributed by atoms with Crippen molar-refractivity contribution < 1.29 is 23.4 Å². The Morgan fingerprint density at radius 2 is 2.13 bits per heavy atom. The van der Waals surface area contributed by atoms with Crippen molar-refractivity contribution in [3.8, 4) is 5.75 Å². The maximum Gasteiger partial charge on any atom is 0.227 e. The number of carbonyl (C=O) groups excluding carboxylic acids is 1. The zero-order valence-electron chi connectivity index (χ0n) is 7.41. The molecule has 0 fully saturated rings. The molecule has 2 rings (SSSR count). The molecule has 1 heterocycles. The monoisotopic (exact) mass is 212 g/mol. The van der Waals surface area contributed by atoms with Crippen LogP contribution in [0.1, 0.15) is 5.56 Å². The molecule has 1 atom stereocenters. The summed E-state index contributed by atoms with van der Waals surface area (Å²) in [4.78, 5) is 10.5. The molecule has 1 aliphatic rings. The van der Waals surface area contributed by atoms with Gasteiger partial charge in [-0.05, 0) is 12.1 Å². The first kappa shape index (κ1) is 9.79. The van der Waals surface area contributed by atoms with Gasteiger partial charge in [-0.25, -0.2) is 8.78 Å². The van der Waals surface area contributed by atoms with Gasteiger partial charge in [-0.2, -0.15) is 0 Å². The molecule has 1 unspecified atom stereocenters. The second-order valence-corrected chi connectivity index (χ2v) is 3.04. The van der Waals surface area contributed by atoms with Gasteiger partial charge < -0.3 is 9.84 Å². The molecule has 78 valence electrons. The maximum atomic E-state index is 13.1. The highest BCUT2D eigenvalue weighted by Crippen LogP contribution is 2.31. The minimum atomic E-state index is -1.50. The zero-order chi connectivity index (χ0) is 11.0. The highest BCUT2D eigenvalue weighted by atomic mass is 19.1. The maximum absolute atomic E-state index is 13.1. The summed E-state index contributed by atoms with van der Waals surface area (Å²) in [5.74, 6) is -1.94. The number of halogens is 2. The minimum absolute atomic E-state index is 0.0764. The van der Waals surface area contributed by atoms with Crippen molar-refractivity contribution in [1.29, 1.82) is 0 Å². The number of aliphatic hydroxyl groups is 1. The molecule has 0 amide bonds. The lowest BCUT2D eigenvalue weighted by Gasteiger charge is -2.20. The molecule has 15 heavy (non-hydrogen) atoms. The Balaban J connectivity index is 2.59. The number of ether oxygens (including phenoxy) is 1. The number of rotatable bonds is 1. The van der Waals surface area contributed by atoms with E-state index in [0.29, 0.717) is 12.4 Å². The number of aliphatic hydroxyl groups excluding tert-OH is 1. The second kappa shape index (κ2) is 3.43. The standard InChI is InChI=1S/C10H6F2O3/c11-7-2-5-1-6(4-13)10(14)15-9(5)8(12)3-7/h1-4,10,14H. The first-order chi connectivity index (χ1) is 7.11. The van der Waals surface area contributed by atoms with E-state index >= 15 is 0 Å². The van der Waals surface area contributed by atoms with Crippen molar-refractivity contribution in [3.63, 3.8) is 0 Å². The highest BCUT2D eigenvalue weighted by molar-refractivity contribution is 5.84. The Kier molecular flexibility index (Phi) is 2.24. The SMILES string of the molecule is O=CC1=Cc2cc(F)cc(F)c2OC1O. The van der Waals surface area contributed by atoms with Crippen LogP contribution in [0, 0.1) is 11.6 Å². The normalized spacial score (nSPS) is 18.9. The Morgan fingerprint density at radius 1 is 1.40 bits per heavy atom. The summed E-state index contributed by atoms with van der Waals surface area (Å²) in [6, 6.07) is 1.67. The van der Waals surface area contributed by atoms with Gasteiger partial charge in [0.05, 0.1) is 5.57 Å². The van der Waals surface area contributed by atoms with E-state index in [9.17, 15) is 18.7 Å². The molecule has 5 heteroatoms. The van der Waals surface area contributed by atoms with Gasteiger partial charge in [-0.1, -0.05) is 0 Å². The van der Waals surface area contributed by atoms with Crippen LogP contribution in [-0.4, -0.2) is 17.7 Å². The largest absolute Gasteiger partial charge is 0.457 e. The third-order valence-electron chi connectivity index (χ3n) is 2.01. The summed E-state index contributed by atoms with van der Waals surface area (Å²) in [6.45, 7) is 0. The van der Waals surface area contributed by atoms with Crippen LogP contribution in [0.25, 0.3) is 6.08 Å². The fourth-order valence-corrected chi connectivity index (χ4v) is 1.33.